The maximum atomic E-state index is 6.11. The summed E-state index contributed by atoms with van der Waals surface area (Å²) in [5.74, 6) is 0.657. The van der Waals surface area contributed by atoms with Crippen LogP contribution in [0.25, 0.3) is 0 Å². The number of hydrogen-bond acceptors (Lipinski definition) is 3. The van der Waals surface area contributed by atoms with Gasteiger partial charge in [0.25, 0.3) is 0 Å². The van der Waals surface area contributed by atoms with Gasteiger partial charge in [-0.1, -0.05) is 13.8 Å². The first-order valence-electron chi connectivity index (χ1n) is 7.22. The first-order chi connectivity index (χ1) is 8.91. The van der Waals surface area contributed by atoms with E-state index in [9.17, 15) is 0 Å². The van der Waals surface area contributed by atoms with E-state index in [2.05, 4.69) is 32.6 Å². The molecule has 1 saturated heterocycles. The van der Waals surface area contributed by atoms with Gasteiger partial charge in [0.05, 0.1) is 31.5 Å². The summed E-state index contributed by atoms with van der Waals surface area (Å²) >= 11 is 0. The van der Waals surface area contributed by atoms with Gasteiger partial charge in [-0.05, 0) is 20.3 Å². The molecule has 0 aromatic rings. The van der Waals surface area contributed by atoms with Gasteiger partial charge >= 0.3 is 0 Å². The highest BCUT2D eigenvalue weighted by molar-refractivity contribution is 5.78. The maximum Gasteiger partial charge on any atom is 0.191 e. The van der Waals surface area contributed by atoms with E-state index in [4.69, 9.17) is 20.2 Å². The van der Waals surface area contributed by atoms with Gasteiger partial charge in [-0.15, -0.1) is 0 Å². The van der Waals surface area contributed by atoms with Crippen LogP contribution in [0.15, 0.2) is 4.99 Å². The third-order valence-electron chi connectivity index (χ3n) is 4.19. The molecule has 5 heteroatoms. The zero-order valence-corrected chi connectivity index (χ0v) is 12.6. The number of nitrogens with two attached hydrogens (primary N) is 1. The molecule has 2 rings (SSSR count). The summed E-state index contributed by atoms with van der Waals surface area (Å²) in [6.45, 7) is 11.7. The fourth-order valence-corrected chi connectivity index (χ4v) is 2.68. The molecule has 0 aromatic carbocycles. The summed E-state index contributed by atoms with van der Waals surface area (Å²) in [7, 11) is 0. The summed E-state index contributed by atoms with van der Waals surface area (Å²) in [6, 6.07) is 0.263. The van der Waals surface area contributed by atoms with Crippen LogP contribution in [0.4, 0.5) is 0 Å². The van der Waals surface area contributed by atoms with Crippen molar-refractivity contribution in [3.8, 4) is 0 Å². The summed E-state index contributed by atoms with van der Waals surface area (Å²) < 4.78 is 11.2. The molecule has 2 aliphatic rings. The lowest BCUT2D eigenvalue weighted by molar-refractivity contribution is -0.129. The van der Waals surface area contributed by atoms with Crippen LogP contribution in [0.2, 0.25) is 0 Å². The second kappa shape index (κ2) is 5.67. The van der Waals surface area contributed by atoms with Gasteiger partial charge in [0.2, 0.25) is 0 Å². The van der Waals surface area contributed by atoms with Crippen molar-refractivity contribution in [1.29, 1.82) is 0 Å². The topological polar surface area (TPSA) is 60.1 Å². The van der Waals surface area contributed by atoms with E-state index in [1.807, 2.05) is 0 Å². The zero-order chi connectivity index (χ0) is 14.0. The standard InChI is InChI=1S/C14H27N3O2/c1-10(2)19-12-9-11(14(12,3)4)16-13(15)17-5-7-18-8-6-17/h10-12H,5-9H2,1-4H3,(H2,15,16)/t11-,12+/m0/s1. The largest absolute Gasteiger partial charge is 0.378 e. The lowest BCUT2D eigenvalue weighted by Crippen LogP contribution is -2.56. The molecule has 2 N–H and O–H groups in total. The van der Waals surface area contributed by atoms with Crippen LogP contribution in [0.1, 0.15) is 34.1 Å². The molecule has 19 heavy (non-hydrogen) atoms. The van der Waals surface area contributed by atoms with E-state index in [-0.39, 0.29) is 17.6 Å². The van der Waals surface area contributed by atoms with Gasteiger partial charge in [0, 0.05) is 18.5 Å². The molecule has 0 aromatic heterocycles. The Morgan fingerprint density at radius 3 is 2.53 bits per heavy atom. The summed E-state index contributed by atoms with van der Waals surface area (Å²) in [5.41, 5.74) is 6.18. The average molecular weight is 269 g/mol. The highest BCUT2D eigenvalue weighted by Gasteiger charge is 2.49. The molecule has 2 atom stereocenters. The Bertz CT molecular complexity index is 336. The van der Waals surface area contributed by atoms with Crippen LogP contribution in [0, 0.1) is 5.41 Å². The Labute approximate surface area is 116 Å². The first-order valence-corrected chi connectivity index (χ1v) is 7.22. The molecule has 5 nitrogen and oxygen atoms in total. The van der Waals surface area contributed by atoms with Gasteiger partial charge < -0.3 is 20.1 Å². The minimum absolute atomic E-state index is 0.0706. The van der Waals surface area contributed by atoms with E-state index >= 15 is 0 Å². The molecular weight excluding hydrogens is 242 g/mol. The zero-order valence-electron chi connectivity index (χ0n) is 12.6. The van der Waals surface area contributed by atoms with Crippen molar-refractivity contribution in [3.63, 3.8) is 0 Å². The SMILES string of the molecule is CC(C)O[C@@H]1C[C@H](N=C(N)N2CCOCC2)C1(C)C. The van der Waals surface area contributed by atoms with Crippen molar-refractivity contribution < 1.29 is 9.47 Å². The Morgan fingerprint density at radius 2 is 2.00 bits per heavy atom. The van der Waals surface area contributed by atoms with E-state index < -0.39 is 0 Å². The molecule has 0 radical (unpaired) electrons. The van der Waals surface area contributed by atoms with Crippen LogP contribution in [-0.4, -0.2) is 55.4 Å². The number of aliphatic imine (C=N–C) groups is 1. The molecule has 0 bridgehead atoms. The molecule has 0 amide bonds. The minimum atomic E-state index is 0.0706. The Balaban J connectivity index is 1.92. The Hall–Kier alpha value is -0.810. The van der Waals surface area contributed by atoms with E-state index in [1.54, 1.807) is 0 Å². The highest BCUT2D eigenvalue weighted by Crippen LogP contribution is 2.45. The van der Waals surface area contributed by atoms with Crippen molar-refractivity contribution in [2.45, 2.75) is 52.4 Å². The van der Waals surface area contributed by atoms with Gasteiger partial charge in [-0.25, -0.2) is 4.99 Å². The Kier molecular flexibility index (Phi) is 4.36. The van der Waals surface area contributed by atoms with E-state index in [0.29, 0.717) is 12.1 Å². The molecule has 1 aliphatic carbocycles. The number of morpholine rings is 1. The number of guanidine groups is 1. The lowest BCUT2D eigenvalue weighted by Gasteiger charge is -2.50. The normalized spacial score (nSPS) is 31.4. The van der Waals surface area contributed by atoms with Gasteiger partial charge in [0.15, 0.2) is 5.96 Å². The average Bonchev–Trinajstić information content (AvgIpc) is 2.38. The van der Waals surface area contributed by atoms with Gasteiger partial charge in [0.1, 0.15) is 0 Å². The molecule has 1 saturated carbocycles. The lowest BCUT2D eigenvalue weighted by atomic mass is 9.64. The smallest absolute Gasteiger partial charge is 0.191 e. The van der Waals surface area contributed by atoms with Crippen molar-refractivity contribution in [1.82, 2.24) is 4.90 Å². The molecular formula is C14H27N3O2. The van der Waals surface area contributed by atoms with Crippen LogP contribution in [0.3, 0.4) is 0 Å². The second-order valence-electron chi connectivity index (χ2n) is 6.33. The molecule has 1 heterocycles. The summed E-state index contributed by atoms with van der Waals surface area (Å²) in [5, 5.41) is 0. The molecule has 0 spiro atoms. The van der Waals surface area contributed by atoms with Crippen molar-refractivity contribution in [2.75, 3.05) is 26.3 Å². The van der Waals surface area contributed by atoms with E-state index in [1.165, 1.54) is 0 Å². The molecule has 2 fully saturated rings. The number of nitrogens with zero attached hydrogens (tertiary/aromatic N) is 2. The third kappa shape index (κ3) is 3.20. The van der Waals surface area contributed by atoms with Crippen molar-refractivity contribution in [3.05, 3.63) is 0 Å². The third-order valence-corrected chi connectivity index (χ3v) is 4.19. The molecule has 0 unspecified atom stereocenters. The van der Waals surface area contributed by atoms with Crippen molar-refractivity contribution in [2.24, 2.45) is 16.1 Å². The summed E-state index contributed by atoms with van der Waals surface area (Å²) in [6.07, 6.45) is 1.53. The van der Waals surface area contributed by atoms with Gasteiger partial charge in [-0.3, -0.25) is 0 Å². The number of ether oxygens (including phenoxy) is 2. The number of rotatable bonds is 3. The van der Waals surface area contributed by atoms with Crippen molar-refractivity contribution >= 4 is 5.96 Å². The molecule has 110 valence electrons. The van der Waals surface area contributed by atoms with Gasteiger partial charge in [-0.2, -0.15) is 0 Å². The van der Waals surface area contributed by atoms with E-state index in [0.717, 1.165) is 32.7 Å². The highest BCUT2D eigenvalue weighted by atomic mass is 16.5. The quantitative estimate of drug-likeness (QED) is 0.618. The molecule has 1 aliphatic heterocycles. The maximum absolute atomic E-state index is 6.11. The van der Waals surface area contributed by atoms with Crippen LogP contribution >= 0.6 is 0 Å². The van der Waals surface area contributed by atoms with Crippen LogP contribution in [-0.2, 0) is 9.47 Å². The number of hydrogen-bond donors (Lipinski definition) is 1. The second-order valence-corrected chi connectivity index (χ2v) is 6.33. The van der Waals surface area contributed by atoms with Crippen LogP contribution < -0.4 is 5.73 Å². The Morgan fingerprint density at radius 1 is 1.37 bits per heavy atom. The summed E-state index contributed by atoms with van der Waals surface area (Å²) in [4.78, 5) is 6.81. The first kappa shape index (κ1) is 14.6. The monoisotopic (exact) mass is 269 g/mol. The minimum Gasteiger partial charge on any atom is -0.378 e. The van der Waals surface area contributed by atoms with Crippen LogP contribution in [0.5, 0.6) is 0 Å². The predicted molar refractivity (Wildman–Crippen MR) is 76.2 cm³/mol. The predicted octanol–water partition coefficient (Wildman–Crippen LogP) is 1.23. The fraction of sp³-hybridized carbons (Fsp3) is 0.929. The fourth-order valence-electron chi connectivity index (χ4n) is 2.68.